The van der Waals surface area contributed by atoms with Crippen molar-refractivity contribution in [2.75, 3.05) is 11.9 Å². The molecular weight excluding hydrogens is 204 g/mol. The topological polar surface area (TPSA) is 60.6 Å². The van der Waals surface area contributed by atoms with Gasteiger partial charge in [-0.15, -0.1) is 11.7 Å². The van der Waals surface area contributed by atoms with E-state index in [1.165, 1.54) is 0 Å². The van der Waals surface area contributed by atoms with Crippen LogP contribution in [0.4, 0.5) is 5.95 Å². The zero-order chi connectivity index (χ0) is 11.2. The Morgan fingerprint density at radius 3 is 3.00 bits per heavy atom. The molecule has 0 radical (unpaired) electrons. The third-order valence-corrected chi connectivity index (χ3v) is 2.16. The molecule has 0 aliphatic heterocycles. The van der Waals surface area contributed by atoms with Crippen LogP contribution in [0.25, 0.3) is 0 Å². The Labute approximate surface area is 93.6 Å². The second-order valence-corrected chi connectivity index (χ2v) is 3.28. The van der Waals surface area contributed by atoms with E-state index in [-0.39, 0.29) is 0 Å². The number of hydrogen-bond acceptors (Lipinski definition) is 4. The van der Waals surface area contributed by atoms with Gasteiger partial charge in [0.15, 0.2) is 0 Å². The van der Waals surface area contributed by atoms with Gasteiger partial charge in [0, 0.05) is 31.7 Å². The molecule has 0 saturated carbocycles. The Hall–Kier alpha value is -2.11. The molecule has 84 valence electrons. The van der Waals surface area contributed by atoms with E-state index in [1.807, 2.05) is 17.0 Å². The minimum atomic E-state index is 0.709. The summed E-state index contributed by atoms with van der Waals surface area (Å²) >= 11 is 0. The zero-order valence-electron chi connectivity index (χ0n) is 8.95. The van der Waals surface area contributed by atoms with Crippen LogP contribution in [-0.2, 0) is 13.1 Å². The monoisotopic (exact) mass is 218 g/mol. The van der Waals surface area contributed by atoms with E-state index < -0.39 is 0 Å². The van der Waals surface area contributed by atoms with E-state index in [0.29, 0.717) is 6.54 Å². The maximum Gasteiger partial charge on any atom is 0.203 e. The summed E-state index contributed by atoms with van der Waals surface area (Å²) in [5, 5.41) is 10.8. The van der Waals surface area contributed by atoms with Crippen molar-refractivity contribution < 1.29 is 0 Å². The molecule has 16 heavy (non-hydrogen) atoms. The van der Waals surface area contributed by atoms with Gasteiger partial charge in [-0.05, 0) is 0 Å². The van der Waals surface area contributed by atoms with Gasteiger partial charge in [0.2, 0.25) is 5.95 Å². The lowest BCUT2D eigenvalue weighted by Gasteiger charge is -2.07. The molecule has 1 N–H and O–H groups in total. The first kappa shape index (κ1) is 10.4. The number of anilines is 1. The molecule has 6 nitrogen and oxygen atoms in total. The van der Waals surface area contributed by atoms with E-state index in [0.717, 1.165) is 19.0 Å². The van der Waals surface area contributed by atoms with Crippen molar-refractivity contribution in [3.63, 3.8) is 0 Å². The molecule has 0 spiro atoms. The smallest absolute Gasteiger partial charge is 0.203 e. The molecule has 0 saturated heterocycles. The number of nitrogens with zero attached hydrogens (tertiary/aromatic N) is 5. The molecule has 2 aromatic heterocycles. The Kier molecular flexibility index (Phi) is 3.32. The number of aromatic nitrogens is 5. The van der Waals surface area contributed by atoms with Gasteiger partial charge in [-0.2, -0.15) is 0 Å². The van der Waals surface area contributed by atoms with Crippen molar-refractivity contribution in [1.82, 2.24) is 24.5 Å². The highest BCUT2D eigenvalue weighted by molar-refractivity contribution is 5.26. The Morgan fingerprint density at radius 2 is 2.25 bits per heavy atom. The van der Waals surface area contributed by atoms with Crippen LogP contribution in [0, 0.1) is 0 Å². The number of nitrogens with one attached hydrogen (secondary N) is 1. The van der Waals surface area contributed by atoms with Gasteiger partial charge in [0.1, 0.15) is 0 Å². The molecule has 6 heteroatoms. The first-order chi connectivity index (χ1) is 7.90. The van der Waals surface area contributed by atoms with Crippen molar-refractivity contribution in [2.45, 2.75) is 13.1 Å². The van der Waals surface area contributed by atoms with E-state index in [2.05, 4.69) is 27.2 Å². The largest absolute Gasteiger partial charge is 0.352 e. The lowest BCUT2D eigenvalue weighted by Crippen LogP contribution is -2.11. The Morgan fingerprint density at radius 1 is 1.31 bits per heavy atom. The third-order valence-electron chi connectivity index (χ3n) is 2.16. The summed E-state index contributed by atoms with van der Waals surface area (Å²) in [6.07, 6.45) is 9.02. The van der Waals surface area contributed by atoms with Crippen LogP contribution in [0.1, 0.15) is 0 Å². The zero-order valence-corrected chi connectivity index (χ0v) is 8.95. The van der Waals surface area contributed by atoms with Crippen LogP contribution >= 0.6 is 0 Å². The molecule has 0 bridgehead atoms. The summed E-state index contributed by atoms with van der Waals surface area (Å²) < 4.78 is 3.82. The van der Waals surface area contributed by atoms with Gasteiger partial charge in [0.25, 0.3) is 0 Å². The van der Waals surface area contributed by atoms with Crippen LogP contribution in [0.3, 0.4) is 0 Å². The summed E-state index contributed by atoms with van der Waals surface area (Å²) in [5.74, 6) is 0.847. The molecule has 0 amide bonds. The van der Waals surface area contributed by atoms with Gasteiger partial charge in [-0.25, -0.2) is 4.98 Å². The van der Waals surface area contributed by atoms with Gasteiger partial charge in [-0.1, -0.05) is 11.3 Å². The van der Waals surface area contributed by atoms with Gasteiger partial charge in [-0.3, -0.25) is 4.68 Å². The molecule has 0 atom stereocenters. The summed E-state index contributed by atoms with van der Waals surface area (Å²) in [4.78, 5) is 4.21. The standard InChI is InChI=1S/C10H14N6/c1-2-3-11-10-12-4-6-15(10)8-9-16-7-5-13-14-16/h2,4-7H,1,3,8-9H2,(H,11,12). The van der Waals surface area contributed by atoms with Gasteiger partial charge < -0.3 is 9.88 Å². The molecule has 0 fully saturated rings. The highest BCUT2D eigenvalue weighted by Crippen LogP contribution is 2.04. The van der Waals surface area contributed by atoms with Crippen molar-refractivity contribution in [2.24, 2.45) is 0 Å². The average Bonchev–Trinajstić information content (AvgIpc) is 2.94. The predicted octanol–water partition coefficient (Wildman–Crippen LogP) is 0.773. The van der Waals surface area contributed by atoms with Crippen LogP contribution in [0.15, 0.2) is 37.4 Å². The van der Waals surface area contributed by atoms with Crippen LogP contribution in [-0.4, -0.2) is 31.1 Å². The number of aryl methyl sites for hydroxylation is 2. The summed E-state index contributed by atoms with van der Waals surface area (Å²) in [6.45, 7) is 5.95. The SMILES string of the molecule is C=CCNc1nccn1CCn1ccnn1. The second-order valence-electron chi connectivity index (χ2n) is 3.28. The fourth-order valence-corrected chi connectivity index (χ4v) is 1.38. The molecule has 2 rings (SSSR count). The Balaban J connectivity index is 1.93. The van der Waals surface area contributed by atoms with Crippen LogP contribution < -0.4 is 5.32 Å². The summed E-state index contributed by atoms with van der Waals surface area (Å²) in [7, 11) is 0. The summed E-state index contributed by atoms with van der Waals surface area (Å²) in [6, 6.07) is 0. The van der Waals surface area contributed by atoms with Crippen molar-refractivity contribution in [1.29, 1.82) is 0 Å². The molecule has 0 unspecified atom stereocenters. The predicted molar refractivity (Wildman–Crippen MR) is 60.9 cm³/mol. The fourth-order valence-electron chi connectivity index (χ4n) is 1.38. The van der Waals surface area contributed by atoms with Crippen molar-refractivity contribution >= 4 is 5.95 Å². The quantitative estimate of drug-likeness (QED) is 0.728. The number of rotatable bonds is 6. The summed E-state index contributed by atoms with van der Waals surface area (Å²) in [5.41, 5.74) is 0. The highest BCUT2D eigenvalue weighted by Gasteiger charge is 2.01. The minimum absolute atomic E-state index is 0.709. The van der Waals surface area contributed by atoms with E-state index in [4.69, 9.17) is 0 Å². The van der Waals surface area contributed by atoms with E-state index >= 15 is 0 Å². The normalized spacial score (nSPS) is 10.2. The van der Waals surface area contributed by atoms with Crippen LogP contribution in [0.5, 0.6) is 0 Å². The van der Waals surface area contributed by atoms with Gasteiger partial charge in [0.05, 0.1) is 12.7 Å². The Bertz CT molecular complexity index is 430. The maximum absolute atomic E-state index is 4.21. The molecule has 0 aliphatic carbocycles. The maximum atomic E-state index is 4.21. The molecular formula is C10H14N6. The lowest BCUT2D eigenvalue weighted by molar-refractivity contribution is 0.521. The average molecular weight is 218 g/mol. The van der Waals surface area contributed by atoms with E-state index in [9.17, 15) is 0 Å². The van der Waals surface area contributed by atoms with Gasteiger partial charge >= 0.3 is 0 Å². The highest BCUT2D eigenvalue weighted by atomic mass is 15.4. The van der Waals surface area contributed by atoms with E-state index in [1.54, 1.807) is 23.2 Å². The molecule has 0 aliphatic rings. The van der Waals surface area contributed by atoms with Crippen molar-refractivity contribution in [3.8, 4) is 0 Å². The molecule has 2 aromatic rings. The molecule has 0 aromatic carbocycles. The number of imidazole rings is 1. The fraction of sp³-hybridized carbons (Fsp3) is 0.300. The van der Waals surface area contributed by atoms with Crippen LogP contribution in [0.2, 0.25) is 0 Å². The number of hydrogen-bond donors (Lipinski definition) is 1. The first-order valence-electron chi connectivity index (χ1n) is 5.10. The van der Waals surface area contributed by atoms with Crippen molar-refractivity contribution in [3.05, 3.63) is 37.4 Å². The minimum Gasteiger partial charge on any atom is -0.352 e. The first-order valence-corrected chi connectivity index (χ1v) is 5.10. The second kappa shape index (κ2) is 5.11. The molecule has 2 heterocycles. The third kappa shape index (κ3) is 2.47. The lowest BCUT2D eigenvalue weighted by atomic mass is 10.6.